The Balaban J connectivity index is 1.82. The first kappa shape index (κ1) is 19.8. The molecule has 1 fully saturated rings. The lowest BCUT2D eigenvalue weighted by molar-refractivity contribution is 0.122. The predicted molar refractivity (Wildman–Crippen MR) is 113 cm³/mol. The zero-order valence-electron chi connectivity index (χ0n) is 16.4. The van der Waals surface area contributed by atoms with Crippen LogP contribution in [0.2, 0.25) is 0 Å². The van der Waals surface area contributed by atoms with E-state index < -0.39 is 0 Å². The van der Waals surface area contributed by atoms with Gasteiger partial charge < -0.3 is 19.9 Å². The zero-order valence-corrected chi connectivity index (χ0v) is 18.0. The largest absolute Gasteiger partial charge is 0.378 e. The minimum absolute atomic E-state index is 0.240. The van der Waals surface area contributed by atoms with Gasteiger partial charge in [0.25, 0.3) is 0 Å². The number of ether oxygens (including phenoxy) is 1. The number of benzene rings is 1. The molecule has 0 unspecified atom stereocenters. The number of anilines is 3. The van der Waals surface area contributed by atoms with E-state index >= 15 is 0 Å². The average molecular weight is 435 g/mol. The standard InChI is InChI=1S/C19H27BrN6O/c1-13(2)17-22-18(24-19(23-17)25(3)4)21-12-14-5-6-15(20)11-16(14)26-7-9-27-10-8-26/h5-6,11,13H,7-10,12H2,1-4H3,(H,21,22,23,24). The van der Waals surface area contributed by atoms with Crippen molar-refractivity contribution in [3.8, 4) is 0 Å². The Labute approximate surface area is 169 Å². The molecular formula is C19H27BrN6O. The summed E-state index contributed by atoms with van der Waals surface area (Å²) in [6.07, 6.45) is 0. The topological polar surface area (TPSA) is 66.4 Å². The summed E-state index contributed by atoms with van der Waals surface area (Å²) in [5.41, 5.74) is 2.42. The highest BCUT2D eigenvalue weighted by Gasteiger charge is 2.16. The minimum Gasteiger partial charge on any atom is -0.378 e. The zero-order chi connectivity index (χ0) is 19.4. The molecule has 8 heteroatoms. The fraction of sp³-hybridized carbons (Fsp3) is 0.526. The van der Waals surface area contributed by atoms with Crippen molar-refractivity contribution in [2.24, 2.45) is 0 Å². The highest BCUT2D eigenvalue weighted by atomic mass is 79.9. The van der Waals surface area contributed by atoms with E-state index in [1.54, 1.807) is 0 Å². The Bertz CT molecular complexity index is 751. The molecule has 0 spiro atoms. The lowest BCUT2D eigenvalue weighted by Gasteiger charge is -2.31. The van der Waals surface area contributed by atoms with Crippen LogP contribution in [0.5, 0.6) is 0 Å². The van der Waals surface area contributed by atoms with Gasteiger partial charge in [-0.3, -0.25) is 0 Å². The first-order chi connectivity index (χ1) is 12.9. The number of aromatic nitrogens is 3. The predicted octanol–water partition coefficient (Wildman–Crippen LogP) is 3.27. The van der Waals surface area contributed by atoms with E-state index in [0.29, 0.717) is 18.4 Å². The van der Waals surface area contributed by atoms with E-state index in [1.165, 1.54) is 11.3 Å². The van der Waals surface area contributed by atoms with Crippen LogP contribution in [0.15, 0.2) is 22.7 Å². The van der Waals surface area contributed by atoms with Crippen molar-refractivity contribution in [2.45, 2.75) is 26.3 Å². The lowest BCUT2D eigenvalue weighted by Crippen LogP contribution is -2.37. The van der Waals surface area contributed by atoms with Gasteiger partial charge in [0.1, 0.15) is 5.82 Å². The van der Waals surface area contributed by atoms with Gasteiger partial charge in [0.05, 0.1) is 13.2 Å². The van der Waals surface area contributed by atoms with Gasteiger partial charge in [-0.1, -0.05) is 35.8 Å². The quantitative estimate of drug-likeness (QED) is 0.747. The highest BCUT2D eigenvalue weighted by molar-refractivity contribution is 9.10. The Kier molecular flexibility index (Phi) is 6.49. The normalized spacial score (nSPS) is 14.5. The molecule has 0 aliphatic carbocycles. The third kappa shape index (κ3) is 5.07. The van der Waals surface area contributed by atoms with Crippen molar-refractivity contribution in [2.75, 3.05) is 55.5 Å². The summed E-state index contributed by atoms with van der Waals surface area (Å²) in [7, 11) is 3.88. The van der Waals surface area contributed by atoms with Crippen LogP contribution in [0.4, 0.5) is 17.6 Å². The van der Waals surface area contributed by atoms with E-state index in [0.717, 1.165) is 36.6 Å². The molecule has 3 rings (SSSR count). The van der Waals surface area contributed by atoms with Crippen LogP contribution in [0.25, 0.3) is 0 Å². The molecule has 0 bridgehead atoms. The van der Waals surface area contributed by atoms with E-state index in [-0.39, 0.29) is 5.92 Å². The summed E-state index contributed by atoms with van der Waals surface area (Å²) >= 11 is 3.59. The molecule has 1 aromatic carbocycles. The number of halogens is 1. The highest BCUT2D eigenvalue weighted by Crippen LogP contribution is 2.27. The van der Waals surface area contributed by atoms with Gasteiger partial charge in [0.15, 0.2) is 0 Å². The molecule has 0 radical (unpaired) electrons. The number of morpholine rings is 1. The second-order valence-corrected chi connectivity index (χ2v) is 8.01. The van der Waals surface area contributed by atoms with Crippen molar-refractivity contribution in [3.63, 3.8) is 0 Å². The molecule has 0 amide bonds. The monoisotopic (exact) mass is 434 g/mol. The number of hydrogen-bond donors (Lipinski definition) is 1. The molecule has 1 aliphatic rings. The molecule has 1 saturated heterocycles. The second kappa shape index (κ2) is 8.84. The van der Waals surface area contributed by atoms with Crippen LogP contribution in [-0.4, -0.2) is 55.4 Å². The summed E-state index contributed by atoms with van der Waals surface area (Å²) < 4.78 is 6.57. The SMILES string of the molecule is CC(C)c1nc(NCc2ccc(Br)cc2N2CCOCC2)nc(N(C)C)n1. The van der Waals surface area contributed by atoms with Gasteiger partial charge in [0, 0.05) is 49.8 Å². The van der Waals surface area contributed by atoms with Crippen LogP contribution in [0.1, 0.15) is 31.2 Å². The van der Waals surface area contributed by atoms with E-state index in [9.17, 15) is 0 Å². The Morgan fingerprint density at radius 1 is 1.19 bits per heavy atom. The number of nitrogens with zero attached hydrogens (tertiary/aromatic N) is 5. The van der Waals surface area contributed by atoms with Crippen LogP contribution < -0.4 is 15.1 Å². The fourth-order valence-corrected chi connectivity index (χ4v) is 3.23. The molecule has 2 aromatic rings. The molecule has 7 nitrogen and oxygen atoms in total. The maximum Gasteiger partial charge on any atom is 0.229 e. The number of rotatable bonds is 6. The Morgan fingerprint density at radius 3 is 2.59 bits per heavy atom. The maximum absolute atomic E-state index is 5.49. The molecule has 2 heterocycles. The van der Waals surface area contributed by atoms with E-state index in [1.807, 2.05) is 19.0 Å². The van der Waals surface area contributed by atoms with Crippen molar-refractivity contribution in [1.82, 2.24) is 15.0 Å². The average Bonchev–Trinajstić information content (AvgIpc) is 2.67. The van der Waals surface area contributed by atoms with Crippen molar-refractivity contribution < 1.29 is 4.74 Å². The van der Waals surface area contributed by atoms with Crippen molar-refractivity contribution >= 4 is 33.5 Å². The summed E-state index contributed by atoms with van der Waals surface area (Å²) in [5, 5.41) is 3.39. The molecule has 0 saturated carbocycles. The fourth-order valence-electron chi connectivity index (χ4n) is 2.88. The molecule has 1 aliphatic heterocycles. The van der Waals surface area contributed by atoms with Gasteiger partial charge in [0.2, 0.25) is 11.9 Å². The smallest absolute Gasteiger partial charge is 0.229 e. The number of hydrogen-bond acceptors (Lipinski definition) is 7. The van der Waals surface area contributed by atoms with Crippen molar-refractivity contribution in [1.29, 1.82) is 0 Å². The molecule has 1 N–H and O–H groups in total. The van der Waals surface area contributed by atoms with Gasteiger partial charge in [-0.15, -0.1) is 0 Å². The van der Waals surface area contributed by atoms with Gasteiger partial charge in [-0.05, 0) is 17.7 Å². The molecule has 146 valence electrons. The first-order valence-corrected chi connectivity index (χ1v) is 10.0. The molecule has 27 heavy (non-hydrogen) atoms. The third-order valence-electron chi connectivity index (χ3n) is 4.39. The maximum atomic E-state index is 5.49. The summed E-state index contributed by atoms with van der Waals surface area (Å²) in [4.78, 5) is 17.9. The second-order valence-electron chi connectivity index (χ2n) is 7.09. The molecule has 0 atom stereocenters. The first-order valence-electron chi connectivity index (χ1n) is 9.22. The van der Waals surface area contributed by atoms with Crippen LogP contribution in [0, 0.1) is 0 Å². The van der Waals surface area contributed by atoms with E-state index in [2.05, 4.69) is 73.1 Å². The molecule has 1 aromatic heterocycles. The van der Waals surface area contributed by atoms with Gasteiger partial charge in [-0.25, -0.2) is 0 Å². The Morgan fingerprint density at radius 2 is 1.93 bits per heavy atom. The van der Waals surface area contributed by atoms with Gasteiger partial charge >= 0.3 is 0 Å². The number of nitrogens with one attached hydrogen (secondary N) is 1. The summed E-state index contributed by atoms with van der Waals surface area (Å²) in [6, 6.07) is 6.37. The lowest BCUT2D eigenvalue weighted by atomic mass is 10.1. The van der Waals surface area contributed by atoms with Crippen LogP contribution in [-0.2, 0) is 11.3 Å². The van der Waals surface area contributed by atoms with E-state index in [4.69, 9.17) is 4.74 Å². The third-order valence-corrected chi connectivity index (χ3v) is 4.89. The summed E-state index contributed by atoms with van der Waals surface area (Å²) in [6.45, 7) is 8.14. The van der Waals surface area contributed by atoms with Crippen molar-refractivity contribution in [3.05, 3.63) is 34.1 Å². The van der Waals surface area contributed by atoms with Crippen LogP contribution >= 0.6 is 15.9 Å². The molecular weight excluding hydrogens is 408 g/mol. The van der Waals surface area contributed by atoms with Gasteiger partial charge in [-0.2, -0.15) is 15.0 Å². The summed E-state index contributed by atoms with van der Waals surface area (Å²) in [5.74, 6) is 2.30. The minimum atomic E-state index is 0.240. The Hall–Kier alpha value is -1.93. The van der Waals surface area contributed by atoms with Crippen LogP contribution in [0.3, 0.4) is 0 Å².